The zero-order chi connectivity index (χ0) is 21.3. The molecular formula is C25H26N2O3. The van der Waals surface area contributed by atoms with E-state index in [9.17, 15) is 9.59 Å². The molecular weight excluding hydrogens is 376 g/mol. The predicted octanol–water partition coefficient (Wildman–Crippen LogP) is 5.35. The molecule has 0 bridgehead atoms. The van der Waals surface area contributed by atoms with Crippen molar-refractivity contribution in [3.05, 3.63) is 89.5 Å². The van der Waals surface area contributed by atoms with Gasteiger partial charge < -0.3 is 15.4 Å². The van der Waals surface area contributed by atoms with Crippen LogP contribution in [0, 0.1) is 13.8 Å². The Labute approximate surface area is 177 Å². The molecule has 2 N–H and O–H groups in total. The van der Waals surface area contributed by atoms with Crippen LogP contribution in [0.2, 0.25) is 0 Å². The SMILES string of the molecule is Cc1ccccc1OCCCC(=O)Nc1cccc(NC(=O)c2ccccc2)c1C. The van der Waals surface area contributed by atoms with Gasteiger partial charge in [0.1, 0.15) is 5.75 Å². The monoisotopic (exact) mass is 402 g/mol. The normalized spacial score (nSPS) is 10.3. The van der Waals surface area contributed by atoms with Gasteiger partial charge in [0, 0.05) is 23.4 Å². The molecule has 0 saturated heterocycles. The third-order valence-corrected chi connectivity index (χ3v) is 4.79. The van der Waals surface area contributed by atoms with E-state index in [1.54, 1.807) is 12.1 Å². The zero-order valence-corrected chi connectivity index (χ0v) is 17.3. The number of hydrogen-bond acceptors (Lipinski definition) is 3. The van der Waals surface area contributed by atoms with Crippen LogP contribution in [0.5, 0.6) is 5.75 Å². The van der Waals surface area contributed by atoms with Crippen LogP contribution in [-0.2, 0) is 4.79 Å². The number of aryl methyl sites for hydroxylation is 1. The minimum Gasteiger partial charge on any atom is -0.493 e. The van der Waals surface area contributed by atoms with E-state index in [-0.39, 0.29) is 11.8 Å². The lowest BCUT2D eigenvalue weighted by molar-refractivity contribution is -0.116. The topological polar surface area (TPSA) is 67.4 Å². The van der Waals surface area contributed by atoms with Gasteiger partial charge in [0.25, 0.3) is 5.91 Å². The van der Waals surface area contributed by atoms with E-state index < -0.39 is 0 Å². The summed E-state index contributed by atoms with van der Waals surface area (Å²) in [6.45, 7) is 4.34. The molecule has 0 atom stereocenters. The minimum atomic E-state index is -0.185. The first-order valence-electron chi connectivity index (χ1n) is 9.99. The number of carbonyl (C=O) groups is 2. The van der Waals surface area contributed by atoms with E-state index in [4.69, 9.17) is 4.74 Å². The van der Waals surface area contributed by atoms with Gasteiger partial charge in [0.2, 0.25) is 5.91 Å². The maximum absolute atomic E-state index is 12.4. The Hall–Kier alpha value is -3.60. The highest BCUT2D eigenvalue weighted by Crippen LogP contribution is 2.24. The molecule has 5 heteroatoms. The van der Waals surface area contributed by atoms with Crippen molar-refractivity contribution >= 4 is 23.2 Å². The van der Waals surface area contributed by atoms with Crippen molar-refractivity contribution in [1.82, 2.24) is 0 Å². The Morgan fingerprint density at radius 3 is 2.20 bits per heavy atom. The smallest absolute Gasteiger partial charge is 0.255 e. The summed E-state index contributed by atoms with van der Waals surface area (Å²) in [5.41, 5.74) is 3.83. The Bertz CT molecular complexity index is 1020. The van der Waals surface area contributed by atoms with Crippen LogP contribution in [0.15, 0.2) is 72.8 Å². The summed E-state index contributed by atoms with van der Waals surface area (Å²) in [6.07, 6.45) is 0.968. The molecule has 0 spiro atoms. The van der Waals surface area contributed by atoms with Crippen LogP contribution in [0.1, 0.15) is 34.3 Å². The van der Waals surface area contributed by atoms with Crippen molar-refractivity contribution in [3.8, 4) is 5.75 Å². The Morgan fingerprint density at radius 1 is 0.800 bits per heavy atom. The number of benzene rings is 3. The lowest BCUT2D eigenvalue weighted by Crippen LogP contribution is -2.16. The molecule has 2 amide bonds. The quantitative estimate of drug-likeness (QED) is 0.499. The first-order chi connectivity index (χ1) is 14.5. The molecule has 3 rings (SSSR count). The molecule has 0 aromatic heterocycles. The van der Waals surface area contributed by atoms with Gasteiger partial charge in [-0.3, -0.25) is 9.59 Å². The highest BCUT2D eigenvalue weighted by Gasteiger charge is 2.11. The van der Waals surface area contributed by atoms with Gasteiger partial charge in [0.05, 0.1) is 6.61 Å². The van der Waals surface area contributed by atoms with Crippen molar-refractivity contribution in [2.75, 3.05) is 17.2 Å². The summed E-state index contributed by atoms with van der Waals surface area (Å²) in [4.78, 5) is 24.7. The number of amides is 2. The van der Waals surface area contributed by atoms with Gasteiger partial charge in [-0.05, 0) is 61.7 Å². The standard InChI is InChI=1S/C25H26N2O3/c1-18-10-6-7-15-23(18)30-17-9-16-24(28)26-21-13-8-14-22(19(21)2)27-25(29)20-11-4-3-5-12-20/h3-8,10-15H,9,16-17H2,1-2H3,(H,26,28)(H,27,29). The number of rotatable bonds is 8. The van der Waals surface area contributed by atoms with E-state index in [0.29, 0.717) is 36.4 Å². The fourth-order valence-electron chi connectivity index (χ4n) is 3.04. The molecule has 0 radical (unpaired) electrons. The maximum atomic E-state index is 12.4. The molecule has 0 aliphatic heterocycles. The number of ether oxygens (including phenoxy) is 1. The van der Waals surface area contributed by atoms with Crippen LogP contribution >= 0.6 is 0 Å². The summed E-state index contributed by atoms with van der Waals surface area (Å²) >= 11 is 0. The number of para-hydroxylation sites is 1. The van der Waals surface area contributed by atoms with Crippen LogP contribution in [-0.4, -0.2) is 18.4 Å². The van der Waals surface area contributed by atoms with Gasteiger partial charge in [-0.2, -0.15) is 0 Å². The summed E-state index contributed by atoms with van der Waals surface area (Å²) in [5.74, 6) is 0.573. The van der Waals surface area contributed by atoms with Crippen LogP contribution in [0.25, 0.3) is 0 Å². The lowest BCUT2D eigenvalue weighted by Gasteiger charge is -2.14. The molecule has 154 valence electrons. The molecule has 5 nitrogen and oxygen atoms in total. The summed E-state index contributed by atoms with van der Waals surface area (Å²) in [7, 11) is 0. The van der Waals surface area contributed by atoms with Gasteiger partial charge in [-0.1, -0.05) is 42.5 Å². The zero-order valence-electron chi connectivity index (χ0n) is 17.3. The third kappa shape index (κ3) is 5.70. The van der Waals surface area contributed by atoms with E-state index in [0.717, 1.165) is 16.9 Å². The third-order valence-electron chi connectivity index (χ3n) is 4.79. The number of carbonyl (C=O) groups excluding carboxylic acids is 2. The second-order valence-electron chi connectivity index (χ2n) is 7.06. The predicted molar refractivity (Wildman–Crippen MR) is 120 cm³/mol. The minimum absolute atomic E-state index is 0.0852. The fourth-order valence-corrected chi connectivity index (χ4v) is 3.04. The molecule has 0 unspecified atom stereocenters. The summed E-state index contributed by atoms with van der Waals surface area (Å²) < 4.78 is 5.74. The van der Waals surface area contributed by atoms with Gasteiger partial charge >= 0.3 is 0 Å². The van der Waals surface area contributed by atoms with Gasteiger partial charge in [-0.15, -0.1) is 0 Å². The second-order valence-corrected chi connectivity index (χ2v) is 7.06. The molecule has 0 aliphatic rings. The molecule has 0 saturated carbocycles. The molecule has 30 heavy (non-hydrogen) atoms. The Morgan fingerprint density at radius 2 is 1.47 bits per heavy atom. The van der Waals surface area contributed by atoms with E-state index in [2.05, 4.69) is 10.6 Å². The van der Waals surface area contributed by atoms with Crippen LogP contribution in [0.4, 0.5) is 11.4 Å². The molecule has 3 aromatic rings. The van der Waals surface area contributed by atoms with Crippen LogP contribution < -0.4 is 15.4 Å². The molecule has 0 aliphatic carbocycles. The van der Waals surface area contributed by atoms with Crippen molar-refractivity contribution in [2.24, 2.45) is 0 Å². The van der Waals surface area contributed by atoms with Gasteiger partial charge in [-0.25, -0.2) is 0 Å². The van der Waals surface area contributed by atoms with Gasteiger partial charge in [0.15, 0.2) is 0 Å². The van der Waals surface area contributed by atoms with E-state index >= 15 is 0 Å². The average molecular weight is 402 g/mol. The average Bonchev–Trinajstić information content (AvgIpc) is 2.76. The van der Waals surface area contributed by atoms with Crippen molar-refractivity contribution in [1.29, 1.82) is 0 Å². The highest BCUT2D eigenvalue weighted by atomic mass is 16.5. The largest absolute Gasteiger partial charge is 0.493 e. The fraction of sp³-hybridized carbons (Fsp3) is 0.200. The van der Waals surface area contributed by atoms with Crippen molar-refractivity contribution in [3.63, 3.8) is 0 Å². The van der Waals surface area contributed by atoms with Crippen molar-refractivity contribution in [2.45, 2.75) is 26.7 Å². The van der Waals surface area contributed by atoms with Crippen molar-refractivity contribution < 1.29 is 14.3 Å². The summed E-state index contributed by atoms with van der Waals surface area (Å²) in [6, 6.07) is 22.3. The first-order valence-corrected chi connectivity index (χ1v) is 9.99. The second kappa shape index (κ2) is 10.3. The molecule has 0 fully saturated rings. The highest BCUT2D eigenvalue weighted by molar-refractivity contribution is 6.05. The van der Waals surface area contributed by atoms with E-state index in [1.165, 1.54) is 0 Å². The Balaban J connectivity index is 1.52. The number of nitrogens with one attached hydrogen (secondary N) is 2. The molecule has 0 heterocycles. The van der Waals surface area contributed by atoms with Crippen LogP contribution in [0.3, 0.4) is 0 Å². The lowest BCUT2D eigenvalue weighted by atomic mass is 10.1. The molecule has 3 aromatic carbocycles. The number of anilines is 2. The Kier molecular flexibility index (Phi) is 7.22. The number of hydrogen-bond donors (Lipinski definition) is 2. The first kappa shape index (κ1) is 21.1. The summed E-state index contributed by atoms with van der Waals surface area (Å²) in [5, 5.41) is 5.83. The van der Waals surface area contributed by atoms with E-state index in [1.807, 2.05) is 74.5 Å². The maximum Gasteiger partial charge on any atom is 0.255 e.